The Morgan fingerprint density at radius 1 is 1.38 bits per heavy atom. The van der Waals surface area contributed by atoms with Gasteiger partial charge in [0.15, 0.2) is 0 Å². The third kappa shape index (κ3) is 1.56. The maximum atomic E-state index is 12.0. The highest BCUT2D eigenvalue weighted by molar-refractivity contribution is 6.07. The molecule has 0 saturated carbocycles. The standard InChI is InChI=1S/C10H14N4O2/c1-6-10(16)14(7(2)9(15)12-6)8-4-11-13(3)5-8/h4-7H,1-3H3,(H,12,15). The summed E-state index contributed by atoms with van der Waals surface area (Å²) < 4.78 is 1.60. The molecular weight excluding hydrogens is 208 g/mol. The molecule has 1 N–H and O–H groups in total. The number of anilines is 1. The summed E-state index contributed by atoms with van der Waals surface area (Å²) >= 11 is 0. The van der Waals surface area contributed by atoms with Crippen LogP contribution in [0.3, 0.4) is 0 Å². The number of aryl methyl sites for hydroxylation is 1. The molecule has 0 aromatic carbocycles. The van der Waals surface area contributed by atoms with Crippen LogP contribution in [-0.4, -0.2) is 33.7 Å². The number of nitrogens with zero attached hydrogens (tertiary/aromatic N) is 3. The Morgan fingerprint density at radius 2 is 2.06 bits per heavy atom. The van der Waals surface area contributed by atoms with E-state index in [9.17, 15) is 9.59 Å². The van der Waals surface area contributed by atoms with Gasteiger partial charge in [-0.3, -0.25) is 19.2 Å². The Hall–Kier alpha value is -1.85. The summed E-state index contributed by atoms with van der Waals surface area (Å²) in [5.41, 5.74) is 0.654. The van der Waals surface area contributed by atoms with Gasteiger partial charge in [-0.2, -0.15) is 5.10 Å². The van der Waals surface area contributed by atoms with Crippen LogP contribution in [0.4, 0.5) is 5.69 Å². The zero-order valence-corrected chi connectivity index (χ0v) is 9.47. The second-order valence-electron chi connectivity index (χ2n) is 3.99. The predicted octanol–water partition coefficient (Wildman–Crippen LogP) is -0.340. The molecule has 0 bridgehead atoms. The van der Waals surface area contributed by atoms with E-state index in [2.05, 4.69) is 10.4 Å². The average Bonchev–Trinajstić information content (AvgIpc) is 2.62. The van der Waals surface area contributed by atoms with E-state index in [1.165, 1.54) is 4.90 Å². The van der Waals surface area contributed by atoms with E-state index in [0.29, 0.717) is 5.69 Å². The number of rotatable bonds is 1. The lowest BCUT2D eigenvalue weighted by molar-refractivity contribution is -0.133. The van der Waals surface area contributed by atoms with Crippen LogP contribution in [0.5, 0.6) is 0 Å². The van der Waals surface area contributed by atoms with Crippen LogP contribution in [0.1, 0.15) is 13.8 Å². The number of carbonyl (C=O) groups is 2. The van der Waals surface area contributed by atoms with Gasteiger partial charge in [-0.15, -0.1) is 0 Å². The molecule has 0 aliphatic carbocycles. The lowest BCUT2D eigenvalue weighted by Gasteiger charge is -2.35. The fourth-order valence-electron chi connectivity index (χ4n) is 1.80. The SMILES string of the molecule is CC1NC(=O)C(C)N(c2cnn(C)c2)C1=O. The van der Waals surface area contributed by atoms with Crippen molar-refractivity contribution in [3.8, 4) is 0 Å². The van der Waals surface area contributed by atoms with E-state index >= 15 is 0 Å². The molecule has 1 aromatic heterocycles. The molecular formula is C10H14N4O2. The molecule has 2 unspecified atom stereocenters. The van der Waals surface area contributed by atoms with Crippen molar-refractivity contribution in [1.82, 2.24) is 15.1 Å². The third-order valence-electron chi connectivity index (χ3n) is 2.70. The van der Waals surface area contributed by atoms with Crippen molar-refractivity contribution in [2.24, 2.45) is 7.05 Å². The molecule has 1 aliphatic rings. The number of carbonyl (C=O) groups excluding carboxylic acids is 2. The summed E-state index contributed by atoms with van der Waals surface area (Å²) in [5.74, 6) is -0.254. The first-order chi connectivity index (χ1) is 7.50. The summed E-state index contributed by atoms with van der Waals surface area (Å²) in [6.07, 6.45) is 3.30. The Balaban J connectivity index is 2.36. The zero-order valence-electron chi connectivity index (χ0n) is 9.47. The van der Waals surface area contributed by atoms with Crippen molar-refractivity contribution in [3.63, 3.8) is 0 Å². The summed E-state index contributed by atoms with van der Waals surface area (Å²) in [4.78, 5) is 25.1. The number of hydrogen-bond donors (Lipinski definition) is 1. The number of aromatic nitrogens is 2. The summed E-state index contributed by atoms with van der Waals surface area (Å²) in [6, 6.07) is -0.975. The van der Waals surface area contributed by atoms with Gasteiger partial charge in [-0.25, -0.2) is 0 Å². The molecule has 1 aliphatic heterocycles. The van der Waals surface area contributed by atoms with Gasteiger partial charge in [0.2, 0.25) is 11.8 Å². The molecule has 2 atom stereocenters. The molecule has 0 spiro atoms. The highest BCUT2D eigenvalue weighted by Crippen LogP contribution is 2.20. The molecule has 2 rings (SSSR count). The minimum absolute atomic E-state index is 0.111. The molecule has 1 saturated heterocycles. The highest BCUT2D eigenvalue weighted by atomic mass is 16.2. The van der Waals surface area contributed by atoms with Gasteiger partial charge < -0.3 is 5.32 Å². The molecule has 1 fully saturated rings. The van der Waals surface area contributed by atoms with Crippen molar-refractivity contribution in [2.75, 3.05) is 4.90 Å². The first kappa shape index (κ1) is 10.7. The van der Waals surface area contributed by atoms with E-state index in [1.54, 1.807) is 38.0 Å². The second-order valence-corrected chi connectivity index (χ2v) is 3.99. The van der Waals surface area contributed by atoms with Crippen molar-refractivity contribution >= 4 is 17.5 Å². The molecule has 2 heterocycles. The van der Waals surface area contributed by atoms with Gasteiger partial charge in [0.25, 0.3) is 0 Å². The Labute approximate surface area is 93.2 Å². The van der Waals surface area contributed by atoms with Gasteiger partial charge in [0, 0.05) is 13.2 Å². The first-order valence-electron chi connectivity index (χ1n) is 5.13. The first-order valence-corrected chi connectivity index (χ1v) is 5.13. The quantitative estimate of drug-likeness (QED) is 0.707. The minimum Gasteiger partial charge on any atom is -0.343 e. The van der Waals surface area contributed by atoms with Crippen molar-refractivity contribution < 1.29 is 9.59 Å². The van der Waals surface area contributed by atoms with Crippen LogP contribution in [0.15, 0.2) is 12.4 Å². The van der Waals surface area contributed by atoms with Gasteiger partial charge in [0.05, 0.1) is 11.9 Å². The van der Waals surface area contributed by atoms with Crippen LogP contribution in [-0.2, 0) is 16.6 Å². The molecule has 1 aromatic rings. The van der Waals surface area contributed by atoms with Crippen LogP contribution < -0.4 is 10.2 Å². The number of amides is 2. The van der Waals surface area contributed by atoms with Crippen LogP contribution in [0.25, 0.3) is 0 Å². The van der Waals surface area contributed by atoms with Crippen molar-refractivity contribution in [3.05, 3.63) is 12.4 Å². The van der Waals surface area contributed by atoms with E-state index < -0.39 is 12.1 Å². The molecule has 16 heavy (non-hydrogen) atoms. The van der Waals surface area contributed by atoms with Gasteiger partial charge in [0.1, 0.15) is 12.1 Å². The predicted molar refractivity (Wildman–Crippen MR) is 57.8 cm³/mol. The Bertz CT molecular complexity index is 440. The number of nitrogens with one attached hydrogen (secondary N) is 1. The second kappa shape index (κ2) is 3.62. The maximum Gasteiger partial charge on any atom is 0.250 e. The zero-order chi connectivity index (χ0) is 11.9. The molecule has 6 nitrogen and oxygen atoms in total. The molecule has 0 radical (unpaired) electrons. The van der Waals surface area contributed by atoms with Crippen molar-refractivity contribution in [1.29, 1.82) is 0 Å². The maximum absolute atomic E-state index is 12.0. The van der Waals surface area contributed by atoms with Crippen molar-refractivity contribution in [2.45, 2.75) is 25.9 Å². The topological polar surface area (TPSA) is 67.2 Å². The van der Waals surface area contributed by atoms with Gasteiger partial charge in [-0.1, -0.05) is 0 Å². The largest absolute Gasteiger partial charge is 0.343 e. The lowest BCUT2D eigenvalue weighted by atomic mass is 10.1. The normalized spacial score (nSPS) is 25.8. The fourth-order valence-corrected chi connectivity index (χ4v) is 1.80. The van der Waals surface area contributed by atoms with Gasteiger partial charge >= 0.3 is 0 Å². The highest BCUT2D eigenvalue weighted by Gasteiger charge is 2.37. The minimum atomic E-state index is -0.493. The summed E-state index contributed by atoms with van der Waals surface area (Å²) in [7, 11) is 1.77. The molecule has 2 amide bonds. The van der Waals surface area contributed by atoms with Crippen LogP contribution >= 0.6 is 0 Å². The molecule has 6 heteroatoms. The molecule has 86 valence electrons. The van der Waals surface area contributed by atoms with E-state index in [4.69, 9.17) is 0 Å². The Morgan fingerprint density at radius 3 is 2.62 bits per heavy atom. The Kier molecular flexibility index (Phi) is 2.41. The van der Waals surface area contributed by atoms with E-state index in [-0.39, 0.29) is 11.8 Å². The summed E-state index contributed by atoms with van der Waals surface area (Å²) in [6.45, 7) is 3.38. The van der Waals surface area contributed by atoms with Gasteiger partial charge in [-0.05, 0) is 13.8 Å². The number of hydrogen-bond acceptors (Lipinski definition) is 3. The summed E-state index contributed by atoms with van der Waals surface area (Å²) in [5, 5.41) is 6.63. The smallest absolute Gasteiger partial charge is 0.250 e. The average molecular weight is 222 g/mol. The van der Waals surface area contributed by atoms with E-state index in [0.717, 1.165) is 0 Å². The number of piperazine rings is 1. The third-order valence-corrected chi connectivity index (χ3v) is 2.70. The lowest BCUT2D eigenvalue weighted by Crippen LogP contribution is -2.61. The monoisotopic (exact) mass is 222 g/mol. The fraction of sp³-hybridized carbons (Fsp3) is 0.500. The van der Waals surface area contributed by atoms with E-state index in [1.807, 2.05) is 0 Å². The van der Waals surface area contributed by atoms with Crippen LogP contribution in [0, 0.1) is 0 Å². The van der Waals surface area contributed by atoms with Crippen LogP contribution in [0.2, 0.25) is 0 Å².